The van der Waals surface area contributed by atoms with Crippen LogP contribution in [0.25, 0.3) is 0 Å². The van der Waals surface area contributed by atoms with Gasteiger partial charge in [-0.1, -0.05) is 19.3 Å². The van der Waals surface area contributed by atoms with Gasteiger partial charge in [0.05, 0.1) is 11.4 Å². The normalized spacial score (nSPS) is 18.9. The van der Waals surface area contributed by atoms with Crippen LogP contribution in [-0.2, 0) is 21.9 Å². The number of nitrogens with zero attached hydrogens (tertiary/aromatic N) is 2. The summed E-state index contributed by atoms with van der Waals surface area (Å²) in [7, 11) is -1.98. The van der Waals surface area contributed by atoms with Gasteiger partial charge < -0.3 is 5.11 Å². The topological polar surface area (TPSA) is 101 Å². The van der Waals surface area contributed by atoms with Crippen LogP contribution in [-0.4, -0.2) is 34.5 Å². The summed E-state index contributed by atoms with van der Waals surface area (Å²) in [6.45, 7) is 0. The van der Waals surface area contributed by atoms with Gasteiger partial charge in [0.25, 0.3) is 0 Å². The number of nitrogens with one attached hydrogen (secondary N) is 1. The molecule has 0 aliphatic heterocycles. The maximum absolute atomic E-state index is 12.3. The van der Waals surface area contributed by atoms with Gasteiger partial charge in [0, 0.05) is 18.8 Å². The van der Waals surface area contributed by atoms with E-state index in [4.69, 9.17) is 0 Å². The molecule has 0 saturated heterocycles. The molecular weight excluding hydrogens is 282 g/mol. The Bertz CT molecular complexity index is 575. The van der Waals surface area contributed by atoms with Crippen LogP contribution in [0.5, 0.6) is 0 Å². The largest absolute Gasteiger partial charge is 0.480 e. The van der Waals surface area contributed by atoms with Crippen molar-refractivity contribution in [3.8, 4) is 0 Å². The first-order chi connectivity index (χ1) is 9.40. The number of aliphatic carboxylic acids is 1. The summed E-state index contributed by atoms with van der Waals surface area (Å²) in [5, 5.41) is 12.6. The van der Waals surface area contributed by atoms with E-state index < -0.39 is 27.3 Å². The predicted octanol–water partition coefficient (Wildman–Crippen LogP) is 0.798. The number of hydrogen-bond acceptors (Lipinski definition) is 4. The molecule has 1 fully saturated rings. The Hall–Kier alpha value is -1.41. The molecule has 1 aliphatic rings. The van der Waals surface area contributed by atoms with Crippen LogP contribution >= 0.6 is 0 Å². The Balaban J connectivity index is 2.17. The molecule has 1 atom stereocenters. The highest BCUT2D eigenvalue weighted by Gasteiger charge is 2.33. The zero-order valence-corrected chi connectivity index (χ0v) is 12.1. The van der Waals surface area contributed by atoms with Crippen LogP contribution in [0.2, 0.25) is 0 Å². The summed E-state index contributed by atoms with van der Waals surface area (Å²) in [6.07, 6.45) is 6.83. The van der Waals surface area contributed by atoms with Gasteiger partial charge in [-0.25, -0.2) is 8.42 Å². The fraction of sp³-hybridized carbons (Fsp3) is 0.667. The van der Waals surface area contributed by atoms with E-state index in [-0.39, 0.29) is 0 Å². The summed E-state index contributed by atoms with van der Waals surface area (Å²) in [5.41, 5.74) is 0.333. The van der Waals surface area contributed by atoms with E-state index in [9.17, 15) is 18.3 Å². The third kappa shape index (κ3) is 3.37. The maximum Gasteiger partial charge on any atom is 0.326 e. The van der Waals surface area contributed by atoms with Gasteiger partial charge in [0.2, 0.25) is 10.0 Å². The Kier molecular flexibility index (Phi) is 4.44. The molecule has 20 heavy (non-hydrogen) atoms. The molecule has 0 radical (unpaired) electrons. The summed E-state index contributed by atoms with van der Waals surface area (Å²) in [4.78, 5) is 11.3. The van der Waals surface area contributed by atoms with Gasteiger partial charge in [-0.15, -0.1) is 0 Å². The van der Waals surface area contributed by atoms with Crippen LogP contribution in [0, 0.1) is 0 Å². The number of hydrogen-bond donors (Lipinski definition) is 2. The molecule has 0 aromatic carbocycles. The lowest BCUT2D eigenvalue weighted by molar-refractivity contribution is -0.139. The molecule has 0 amide bonds. The summed E-state index contributed by atoms with van der Waals surface area (Å²) in [6, 6.07) is -1.28. The monoisotopic (exact) mass is 301 g/mol. The van der Waals surface area contributed by atoms with Crippen molar-refractivity contribution < 1.29 is 18.3 Å². The molecule has 0 spiro atoms. The second-order valence-electron chi connectivity index (χ2n) is 5.14. The summed E-state index contributed by atoms with van der Waals surface area (Å²) < 4.78 is 28.3. The molecule has 0 bridgehead atoms. The van der Waals surface area contributed by atoms with E-state index in [2.05, 4.69) is 9.82 Å². The van der Waals surface area contributed by atoms with Crippen LogP contribution in [0.1, 0.15) is 43.7 Å². The second kappa shape index (κ2) is 5.92. The Morgan fingerprint density at radius 1 is 1.45 bits per heavy atom. The van der Waals surface area contributed by atoms with Crippen molar-refractivity contribution >= 4 is 16.0 Å². The zero-order valence-electron chi connectivity index (χ0n) is 11.3. The van der Waals surface area contributed by atoms with Crippen LogP contribution in [0.4, 0.5) is 0 Å². The van der Waals surface area contributed by atoms with Crippen molar-refractivity contribution in [3.63, 3.8) is 0 Å². The minimum Gasteiger partial charge on any atom is -0.480 e. The lowest BCUT2D eigenvalue weighted by atomic mass is 10.0. The third-order valence-corrected chi connectivity index (χ3v) is 5.49. The number of carboxylic acid groups (broad SMARTS) is 1. The molecule has 1 aliphatic carbocycles. The SMILES string of the molecule is Cn1cc(C(NS(=O)(=O)C2CCCCC2)C(=O)O)cn1. The number of rotatable bonds is 5. The fourth-order valence-electron chi connectivity index (χ4n) is 2.49. The van der Waals surface area contributed by atoms with Crippen molar-refractivity contribution in [2.45, 2.75) is 43.4 Å². The predicted molar refractivity (Wildman–Crippen MR) is 72.5 cm³/mol. The van der Waals surface area contributed by atoms with E-state index in [0.29, 0.717) is 18.4 Å². The molecule has 1 aromatic rings. The molecule has 1 unspecified atom stereocenters. The van der Waals surface area contributed by atoms with Gasteiger partial charge in [-0.2, -0.15) is 9.82 Å². The van der Waals surface area contributed by atoms with Crippen LogP contribution in [0.3, 0.4) is 0 Å². The number of sulfonamides is 1. The molecule has 1 aromatic heterocycles. The number of aromatic nitrogens is 2. The van der Waals surface area contributed by atoms with Crippen molar-refractivity contribution in [2.75, 3.05) is 0 Å². The summed E-state index contributed by atoms with van der Waals surface area (Å²) >= 11 is 0. The van der Waals surface area contributed by atoms with Gasteiger partial charge >= 0.3 is 5.97 Å². The fourth-order valence-corrected chi connectivity index (χ4v) is 4.20. The third-order valence-electron chi connectivity index (χ3n) is 3.58. The quantitative estimate of drug-likeness (QED) is 0.837. The molecule has 2 rings (SSSR count). The smallest absolute Gasteiger partial charge is 0.326 e. The number of carboxylic acids is 1. The minimum atomic E-state index is -3.63. The van der Waals surface area contributed by atoms with Gasteiger partial charge in [0.15, 0.2) is 0 Å². The number of carbonyl (C=O) groups is 1. The van der Waals surface area contributed by atoms with Gasteiger partial charge in [-0.3, -0.25) is 9.48 Å². The second-order valence-corrected chi connectivity index (χ2v) is 7.13. The van der Waals surface area contributed by atoms with E-state index in [1.807, 2.05) is 0 Å². The standard InChI is InChI=1S/C12H19N3O4S/c1-15-8-9(7-13-15)11(12(16)17)14-20(18,19)10-5-3-2-4-6-10/h7-8,10-11,14H,2-6H2,1H3,(H,16,17). The Morgan fingerprint density at radius 3 is 2.60 bits per heavy atom. The number of aryl methyl sites for hydroxylation is 1. The van der Waals surface area contributed by atoms with Crippen LogP contribution in [0.15, 0.2) is 12.4 Å². The highest BCUT2D eigenvalue weighted by molar-refractivity contribution is 7.90. The average molecular weight is 301 g/mol. The zero-order chi connectivity index (χ0) is 14.8. The van der Waals surface area contributed by atoms with Crippen molar-refractivity contribution in [1.29, 1.82) is 0 Å². The molecule has 1 heterocycles. The highest BCUT2D eigenvalue weighted by atomic mass is 32.2. The van der Waals surface area contributed by atoms with Crippen molar-refractivity contribution in [2.24, 2.45) is 7.05 Å². The van der Waals surface area contributed by atoms with E-state index in [1.54, 1.807) is 7.05 Å². The average Bonchev–Trinajstić information content (AvgIpc) is 2.83. The van der Waals surface area contributed by atoms with Gasteiger partial charge in [-0.05, 0) is 12.8 Å². The summed E-state index contributed by atoms with van der Waals surface area (Å²) in [5.74, 6) is -1.22. The minimum absolute atomic E-state index is 0.333. The maximum atomic E-state index is 12.3. The Morgan fingerprint density at radius 2 is 2.10 bits per heavy atom. The molecule has 1 saturated carbocycles. The van der Waals surface area contributed by atoms with E-state index >= 15 is 0 Å². The molecule has 7 nitrogen and oxygen atoms in total. The molecule has 8 heteroatoms. The lowest BCUT2D eigenvalue weighted by Crippen LogP contribution is -2.40. The van der Waals surface area contributed by atoms with E-state index in [0.717, 1.165) is 19.3 Å². The first-order valence-electron chi connectivity index (χ1n) is 6.62. The lowest BCUT2D eigenvalue weighted by Gasteiger charge is -2.23. The molecule has 112 valence electrons. The van der Waals surface area contributed by atoms with E-state index in [1.165, 1.54) is 17.1 Å². The van der Waals surface area contributed by atoms with Crippen molar-refractivity contribution in [1.82, 2.24) is 14.5 Å². The van der Waals surface area contributed by atoms with Crippen molar-refractivity contribution in [3.05, 3.63) is 18.0 Å². The highest BCUT2D eigenvalue weighted by Crippen LogP contribution is 2.25. The molecule has 2 N–H and O–H groups in total. The van der Waals surface area contributed by atoms with Crippen LogP contribution < -0.4 is 4.72 Å². The van der Waals surface area contributed by atoms with Gasteiger partial charge in [0.1, 0.15) is 6.04 Å². The molecular formula is C12H19N3O4S. The Labute approximate surface area is 118 Å². The first kappa shape index (κ1) is 15.0. The first-order valence-corrected chi connectivity index (χ1v) is 8.17.